The molecule has 2 fully saturated rings. The largest absolute Gasteiger partial charge is 0.494 e. The number of nitrogens with zero attached hydrogens (tertiary/aromatic N) is 1. The number of piperidine rings is 1. The summed E-state index contributed by atoms with van der Waals surface area (Å²) in [5, 5.41) is 0. The quantitative estimate of drug-likeness (QED) is 0.726. The van der Waals surface area contributed by atoms with Crippen molar-refractivity contribution >= 4 is 5.91 Å². The Morgan fingerprint density at radius 3 is 2.81 bits per heavy atom. The highest BCUT2D eigenvalue weighted by Crippen LogP contribution is 2.42. The summed E-state index contributed by atoms with van der Waals surface area (Å²) in [6, 6.07) is 4.37. The van der Waals surface area contributed by atoms with E-state index < -0.39 is 5.82 Å². The van der Waals surface area contributed by atoms with Crippen molar-refractivity contribution in [3.8, 4) is 5.75 Å². The first kappa shape index (κ1) is 19.1. The number of likely N-dealkylation sites (tertiary alicyclic amines) is 1. The second-order valence-electron chi connectivity index (χ2n) is 7.03. The minimum absolute atomic E-state index is 0.126. The Kier molecular flexibility index (Phi) is 6.14. The van der Waals surface area contributed by atoms with Crippen LogP contribution in [0.2, 0.25) is 0 Å². The molecule has 1 aromatic rings. The first-order valence-corrected chi connectivity index (χ1v) is 9.44. The molecule has 2 saturated heterocycles. The molecule has 5 nitrogen and oxygen atoms in total. The summed E-state index contributed by atoms with van der Waals surface area (Å²) >= 11 is 0. The van der Waals surface area contributed by atoms with Crippen molar-refractivity contribution in [1.29, 1.82) is 0 Å². The summed E-state index contributed by atoms with van der Waals surface area (Å²) in [5.74, 6) is -0.00686. The van der Waals surface area contributed by atoms with Gasteiger partial charge in [-0.2, -0.15) is 0 Å². The maximum Gasteiger partial charge on any atom is 0.253 e. The van der Waals surface area contributed by atoms with Crippen LogP contribution in [-0.2, 0) is 9.47 Å². The van der Waals surface area contributed by atoms with E-state index >= 15 is 0 Å². The number of ether oxygens (including phenoxy) is 3. The number of rotatable bonds is 6. The normalized spacial score (nSPS) is 22.0. The van der Waals surface area contributed by atoms with E-state index in [9.17, 15) is 9.18 Å². The molecule has 0 saturated carbocycles. The highest BCUT2D eigenvalue weighted by atomic mass is 19.1. The van der Waals surface area contributed by atoms with Crippen molar-refractivity contribution in [3.05, 3.63) is 29.6 Å². The maximum atomic E-state index is 13.9. The van der Waals surface area contributed by atoms with Gasteiger partial charge in [-0.3, -0.25) is 4.79 Å². The van der Waals surface area contributed by atoms with Crippen LogP contribution in [0.15, 0.2) is 18.2 Å². The van der Waals surface area contributed by atoms with Crippen molar-refractivity contribution in [1.82, 2.24) is 4.90 Å². The predicted molar refractivity (Wildman–Crippen MR) is 96.0 cm³/mol. The molecule has 2 aliphatic heterocycles. The fourth-order valence-corrected chi connectivity index (χ4v) is 4.19. The van der Waals surface area contributed by atoms with E-state index in [0.29, 0.717) is 24.6 Å². The van der Waals surface area contributed by atoms with Crippen molar-refractivity contribution in [2.75, 3.05) is 40.0 Å². The predicted octanol–water partition coefficient (Wildman–Crippen LogP) is 3.27. The fraction of sp³-hybridized carbons (Fsp3) is 0.650. The number of hydrogen-bond donors (Lipinski definition) is 0. The average molecular weight is 365 g/mol. The van der Waals surface area contributed by atoms with Gasteiger partial charge in [0, 0.05) is 38.5 Å². The van der Waals surface area contributed by atoms with Gasteiger partial charge in [0.05, 0.1) is 12.7 Å². The lowest BCUT2D eigenvalue weighted by molar-refractivity contribution is -0.0669. The zero-order valence-corrected chi connectivity index (χ0v) is 15.6. The van der Waals surface area contributed by atoms with E-state index in [0.717, 1.165) is 45.5 Å². The molecule has 26 heavy (non-hydrogen) atoms. The van der Waals surface area contributed by atoms with Crippen LogP contribution < -0.4 is 4.74 Å². The van der Waals surface area contributed by atoms with Crippen LogP contribution in [0.1, 0.15) is 43.0 Å². The lowest BCUT2D eigenvalue weighted by atomic mass is 9.78. The molecular formula is C20H28FNO4. The van der Waals surface area contributed by atoms with Gasteiger partial charge in [-0.05, 0) is 56.7 Å². The zero-order chi connectivity index (χ0) is 18.6. The second kappa shape index (κ2) is 8.35. The average Bonchev–Trinajstić information content (AvgIpc) is 3.04. The third kappa shape index (κ3) is 3.86. The highest BCUT2D eigenvalue weighted by Gasteiger charge is 2.46. The standard InChI is InChI=1S/C20H28FNO4/c1-3-25-12-6-16-7-13-26-20(16)8-10-22(11-9-20)19(23)15-4-5-18(24-2)17(21)14-15/h4-5,14,16H,3,6-13H2,1-2H3/t16-/m0/s1. The Balaban J connectivity index is 1.60. The number of carbonyl (C=O) groups is 1. The third-order valence-electron chi connectivity index (χ3n) is 5.71. The molecule has 0 aromatic heterocycles. The van der Waals surface area contributed by atoms with Gasteiger partial charge < -0.3 is 19.1 Å². The van der Waals surface area contributed by atoms with Crippen LogP contribution in [0.5, 0.6) is 5.75 Å². The summed E-state index contributed by atoms with van der Waals surface area (Å²) in [6.07, 6.45) is 3.72. The van der Waals surface area contributed by atoms with E-state index in [4.69, 9.17) is 14.2 Å². The number of benzene rings is 1. The van der Waals surface area contributed by atoms with Crippen LogP contribution in [0.25, 0.3) is 0 Å². The van der Waals surface area contributed by atoms with Gasteiger partial charge >= 0.3 is 0 Å². The minimum Gasteiger partial charge on any atom is -0.494 e. The fourth-order valence-electron chi connectivity index (χ4n) is 4.19. The monoisotopic (exact) mass is 365 g/mol. The van der Waals surface area contributed by atoms with Gasteiger partial charge in [-0.25, -0.2) is 4.39 Å². The second-order valence-corrected chi connectivity index (χ2v) is 7.03. The molecule has 0 N–H and O–H groups in total. The smallest absolute Gasteiger partial charge is 0.253 e. The molecule has 1 amide bonds. The SMILES string of the molecule is CCOCC[C@H]1CCOC12CCN(C(=O)c1ccc(OC)c(F)c1)CC2. The van der Waals surface area contributed by atoms with Crippen molar-refractivity contribution < 1.29 is 23.4 Å². The number of amides is 1. The number of methoxy groups -OCH3 is 1. The van der Waals surface area contributed by atoms with E-state index in [-0.39, 0.29) is 17.3 Å². The minimum atomic E-state index is -0.512. The summed E-state index contributed by atoms with van der Waals surface area (Å²) in [6.45, 7) is 5.57. The molecule has 0 unspecified atom stereocenters. The summed E-state index contributed by atoms with van der Waals surface area (Å²) < 4.78 is 30.5. The van der Waals surface area contributed by atoms with E-state index in [2.05, 4.69) is 0 Å². The summed E-state index contributed by atoms with van der Waals surface area (Å²) in [4.78, 5) is 14.5. The first-order chi connectivity index (χ1) is 12.6. The Hall–Kier alpha value is -1.66. The Morgan fingerprint density at radius 2 is 2.15 bits per heavy atom. The number of halogens is 1. The molecule has 1 aromatic carbocycles. The Bertz CT molecular complexity index is 628. The van der Waals surface area contributed by atoms with E-state index in [1.54, 1.807) is 11.0 Å². The highest BCUT2D eigenvalue weighted by molar-refractivity contribution is 5.94. The molecule has 6 heteroatoms. The van der Waals surface area contributed by atoms with E-state index in [1.165, 1.54) is 19.2 Å². The Labute approximate surface area is 154 Å². The summed E-state index contributed by atoms with van der Waals surface area (Å²) in [7, 11) is 1.41. The maximum absolute atomic E-state index is 13.9. The molecule has 2 heterocycles. The Morgan fingerprint density at radius 1 is 1.38 bits per heavy atom. The van der Waals surface area contributed by atoms with Crippen LogP contribution in [0.3, 0.4) is 0 Å². The van der Waals surface area contributed by atoms with Gasteiger partial charge in [0.2, 0.25) is 0 Å². The van der Waals surface area contributed by atoms with Gasteiger partial charge in [-0.15, -0.1) is 0 Å². The molecule has 1 atom stereocenters. The number of carbonyl (C=O) groups excluding carboxylic acids is 1. The van der Waals surface area contributed by atoms with Crippen molar-refractivity contribution in [2.45, 2.75) is 38.2 Å². The van der Waals surface area contributed by atoms with Gasteiger partial charge in [0.25, 0.3) is 5.91 Å². The molecule has 0 aliphatic carbocycles. The van der Waals surface area contributed by atoms with Crippen molar-refractivity contribution in [2.24, 2.45) is 5.92 Å². The van der Waals surface area contributed by atoms with Gasteiger partial charge in [-0.1, -0.05) is 0 Å². The molecular weight excluding hydrogens is 337 g/mol. The van der Waals surface area contributed by atoms with Crippen LogP contribution >= 0.6 is 0 Å². The summed E-state index contributed by atoms with van der Waals surface area (Å²) in [5.41, 5.74) is 0.235. The lowest BCUT2D eigenvalue weighted by Gasteiger charge is -2.42. The van der Waals surface area contributed by atoms with Gasteiger partial charge in [0.1, 0.15) is 0 Å². The third-order valence-corrected chi connectivity index (χ3v) is 5.71. The topological polar surface area (TPSA) is 48.0 Å². The molecule has 1 spiro atoms. The molecule has 144 valence electrons. The van der Waals surface area contributed by atoms with Crippen LogP contribution in [0.4, 0.5) is 4.39 Å². The van der Waals surface area contributed by atoms with E-state index in [1.807, 2.05) is 6.92 Å². The molecule has 3 rings (SSSR count). The molecule has 0 bridgehead atoms. The lowest BCUT2D eigenvalue weighted by Crippen LogP contribution is -2.49. The molecule has 0 radical (unpaired) electrons. The van der Waals surface area contributed by atoms with Crippen LogP contribution in [-0.4, -0.2) is 56.4 Å². The van der Waals surface area contributed by atoms with Crippen LogP contribution in [0, 0.1) is 11.7 Å². The first-order valence-electron chi connectivity index (χ1n) is 9.44. The molecule has 2 aliphatic rings. The van der Waals surface area contributed by atoms with Gasteiger partial charge in [0.15, 0.2) is 11.6 Å². The number of hydrogen-bond acceptors (Lipinski definition) is 4. The van der Waals surface area contributed by atoms with Crippen molar-refractivity contribution in [3.63, 3.8) is 0 Å². The zero-order valence-electron chi connectivity index (χ0n) is 15.6.